The second-order valence-electron chi connectivity index (χ2n) is 4.70. The predicted molar refractivity (Wildman–Crippen MR) is 70.4 cm³/mol. The van der Waals surface area contributed by atoms with Crippen LogP contribution in [-0.4, -0.2) is 11.9 Å². The number of halogens is 1. The number of carbonyl (C=O) groups is 1. The molecule has 0 aliphatic carbocycles. The van der Waals surface area contributed by atoms with Crippen LogP contribution in [0.25, 0.3) is 0 Å². The molecular weight excluding hydrogens is 231 g/mol. The largest absolute Gasteiger partial charge is 0.348 e. The fourth-order valence-corrected chi connectivity index (χ4v) is 1.68. The Morgan fingerprint density at radius 1 is 1.44 bits per heavy atom. The van der Waals surface area contributed by atoms with Gasteiger partial charge in [-0.15, -0.1) is 0 Å². The summed E-state index contributed by atoms with van der Waals surface area (Å²) in [4.78, 5) is 11.9. The Kier molecular flexibility index (Phi) is 5.28. The number of carbonyl (C=O) groups excluding carboxylic acids is 1. The first-order valence-corrected chi connectivity index (χ1v) is 6.27. The van der Waals surface area contributed by atoms with Crippen molar-refractivity contribution in [1.82, 2.24) is 5.32 Å². The number of hydrogen-bond acceptors (Lipinski definition) is 2. The molecule has 0 aromatic heterocycles. The van der Waals surface area contributed by atoms with Gasteiger partial charge >= 0.3 is 0 Å². The number of hydrogen-bond donors (Lipinski definition) is 2. The molecule has 0 bridgehead atoms. The lowest BCUT2D eigenvalue weighted by Crippen LogP contribution is -2.45. The molecule has 0 fully saturated rings. The summed E-state index contributed by atoms with van der Waals surface area (Å²) < 4.78 is 13.1. The van der Waals surface area contributed by atoms with Crippen molar-refractivity contribution >= 4 is 5.91 Å². The lowest BCUT2D eigenvalue weighted by atomic mass is 9.98. The van der Waals surface area contributed by atoms with Crippen LogP contribution in [0, 0.1) is 11.7 Å². The molecule has 100 valence electrons. The van der Waals surface area contributed by atoms with Gasteiger partial charge in [0.25, 0.3) is 0 Å². The second-order valence-corrected chi connectivity index (χ2v) is 4.70. The fraction of sp³-hybridized carbons (Fsp3) is 0.500. The molecule has 0 saturated carbocycles. The third kappa shape index (κ3) is 3.81. The van der Waals surface area contributed by atoms with Crippen LogP contribution in [0.2, 0.25) is 0 Å². The molecule has 0 saturated heterocycles. The van der Waals surface area contributed by atoms with Crippen LogP contribution in [0.15, 0.2) is 24.3 Å². The zero-order valence-electron chi connectivity index (χ0n) is 11.1. The van der Waals surface area contributed by atoms with Gasteiger partial charge in [0.15, 0.2) is 0 Å². The Morgan fingerprint density at radius 2 is 2.11 bits per heavy atom. The van der Waals surface area contributed by atoms with Crippen molar-refractivity contribution in [2.75, 3.05) is 0 Å². The Morgan fingerprint density at radius 3 is 2.67 bits per heavy atom. The molecule has 1 aromatic carbocycles. The number of nitrogens with one attached hydrogen (secondary N) is 1. The highest BCUT2D eigenvalue weighted by Gasteiger charge is 2.21. The van der Waals surface area contributed by atoms with Crippen molar-refractivity contribution in [3.63, 3.8) is 0 Å². The maximum absolute atomic E-state index is 13.1. The van der Waals surface area contributed by atoms with E-state index in [1.54, 1.807) is 12.1 Å². The molecule has 1 rings (SSSR count). The summed E-state index contributed by atoms with van der Waals surface area (Å²) >= 11 is 0. The van der Waals surface area contributed by atoms with Crippen molar-refractivity contribution in [3.8, 4) is 0 Å². The summed E-state index contributed by atoms with van der Waals surface area (Å²) in [5.74, 6) is -0.370. The molecule has 0 aliphatic rings. The summed E-state index contributed by atoms with van der Waals surface area (Å²) in [7, 11) is 0. The Balaban J connectivity index is 2.65. The van der Waals surface area contributed by atoms with Gasteiger partial charge in [-0.2, -0.15) is 0 Å². The van der Waals surface area contributed by atoms with Gasteiger partial charge in [-0.3, -0.25) is 4.79 Å². The maximum Gasteiger partial charge on any atom is 0.237 e. The molecule has 4 heteroatoms. The minimum absolute atomic E-state index is 0.129. The van der Waals surface area contributed by atoms with E-state index in [0.717, 1.165) is 12.0 Å². The number of benzene rings is 1. The minimum Gasteiger partial charge on any atom is -0.348 e. The van der Waals surface area contributed by atoms with Crippen LogP contribution < -0.4 is 11.1 Å². The first-order valence-electron chi connectivity index (χ1n) is 6.27. The van der Waals surface area contributed by atoms with E-state index >= 15 is 0 Å². The first kappa shape index (κ1) is 14.6. The number of rotatable bonds is 5. The summed E-state index contributed by atoms with van der Waals surface area (Å²) in [6.45, 7) is 5.75. The first-order chi connectivity index (χ1) is 8.45. The molecule has 3 atom stereocenters. The van der Waals surface area contributed by atoms with Gasteiger partial charge in [-0.1, -0.05) is 32.4 Å². The van der Waals surface area contributed by atoms with Crippen LogP contribution in [0.5, 0.6) is 0 Å². The number of nitrogens with two attached hydrogens (primary N) is 1. The molecule has 1 amide bonds. The molecule has 3 nitrogen and oxygen atoms in total. The van der Waals surface area contributed by atoms with Crippen molar-refractivity contribution in [2.24, 2.45) is 11.7 Å². The van der Waals surface area contributed by atoms with Crippen molar-refractivity contribution in [3.05, 3.63) is 35.6 Å². The average molecular weight is 252 g/mol. The van der Waals surface area contributed by atoms with Gasteiger partial charge in [-0.05, 0) is 30.5 Å². The van der Waals surface area contributed by atoms with Crippen LogP contribution in [0.1, 0.15) is 38.8 Å². The van der Waals surface area contributed by atoms with E-state index in [1.165, 1.54) is 12.1 Å². The van der Waals surface area contributed by atoms with E-state index in [0.29, 0.717) is 0 Å². The molecule has 0 spiro atoms. The van der Waals surface area contributed by atoms with Crippen molar-refractivity contribution in [2.45, 2.75) is 39.3 Å². The molecule has 3 N–H and O–H groups in total. The molecule has 0 radical (unpaired) electrons. The summed E-state index contributed by atoms with van der Waals surface area (Å²) in [6.07, 6.45) is 0.850. The average Bonchev–Trinajstić information content (AvgIpc) is 2.36. The molecule has 1 aromatic rings. The van der Waals surface area contributed by atoms with Gasteiger partial charge in [0, 0.05) is 0 Å². The standard InChI is InChI=1S/C14H21FN2O/c1-4-9(2)13(16)14(18)17-10(3)11-6-5-7-12(15)8-11/h5-10,13H,4,16H2,1-3H3,(H,17,18)/t9?,10-,13-/m0/s1. The summed E-state index contributed by atoms with van der Waals surface area (Å²) in [5.41, 5.74) is 6.58. The Labute approximate surface area is 108 Å². The fourth-order valence-electron chi connectivity index (χ4n) is 1.68. The molecule has 1 unspecified atom stereocenters. The highest BCUT2D eigenvalue weighted by atomic mass is 19.1. The van der Waals surface area contributed by atoms with Crippen molar-refractivity contribution in [1.29, 1.82) is 0 Å². The maximum atomic E-state index is 13.1. The molecular formula is C14H21FN2O. The van der Waals surface area contributed by atoms with Crippen LogP contribution in [-0.2, 0) is 4.79 Å². The Bertz CT molecular complexity index is 409. The smallest absolute Gasteiger partial charge is 0.237 e. The minimum atomic E-state index is -0.522. The van der Waals surface area contributed by atoms with Gasteiger partial charge in [0.05, 0.1) is 12.1 Å². The molecule has 0 heterocycles. The second kappa shape index (κ2) is 6.50. The number of amides is 1. The highest BCUT2D eigenvalue weighted by Crippen LogP contribution is 2.14. The summed E-state index contributed by atoms with van der Waals surface area (Å²) in [5, 5.41) is 2.81. The monoisotopic (exact) mass is 252 g/mol. The third-order valence-corrected chi connectivity index (χ3v) is 3.27. The van der Waals surface area contributed by atoms with E-state index in [4.69, 9.17) is 5.73 Å². The van der Waals surface area contributed by atoms with Gasteiger partial charge in [-0.25, -0.2) is 4.39 Å². The SMILES string of the molecule is CCC(C)[C@H](N)C(=O)N[C@@H](C)c1cccc(F)c1. The van der Waals surface area contributed by atoms with Crippen molar-refractivity contribution < 1.29 is 9.18 Å². The topological polar surface area (TPSA) is 55.1 Å². The van der Waals surface area contributed by atoms with E-state index in [2.05, 4.69) is 5.32 Å². The van der Waals surface area contributed by atoms with Gasteiger partial charge in [0.1, 0.15) is 5.82 Å². The molecule has 18 heavy (non-hydrogen) atoms. The van der Waals surface area contributed by atoms with E-state index < -0.39 is 6.04 Å². The third-order valence-electron chi connectivity index (χ3n) is 3.27. The Hall–Kier alpha value is -1.42. The van der Waals surface area contributed by atoms with E-state index in [1.807, 2.05) is 20.8 Å². The summed E-state index contributed by atoms with van der Waals surface area (Å²) in [6, 6.07) is 5.43. The van der Waals surface area contributed by atoms with Crippen LogP contribution in [0.3, 0.4) is 0 Å². The predicted octanol–water partition coefficient (Wildman–Crippen LogP) is 2.38. The van der Waals surface area contributed by atoms with Gasteiger partial charge < -0.3 is 11.1 Å². The van der Waals surface area contributed by atoms with Crippen LogP contribution >= 0.6 is 0 Å². The zero-order chi connectivity index (χ0) is 13.7. The van der Waals surface area contributed by atoms with E-state index in [9.17, 15) is 9.18 Å². The zero-order valence-corrected chi connectivity index (χ0v) is 11.1. The quantitative estimate of drug-likeness (QED) is 0.845. The normalized spacial score (nSPS) is 15.8. The highest BCUT2D eigenvalue weighted by molar-refractivity contribution is 5.82. The lowest BCUT2D eigenvalue weighted by Gasteiger charge is -2.21. The lowest BCUT2D eigenvalue weighted by molar-refractivity contribution is -0.124. The van der Waals surface area contributed by atoms with Gasteiger partial charge in [0.2, 0.25) is 5.91 Å². The van der Waals surface area contributed by atoms with Crippen LogP contribution in [0.4, 0.5) is 4.39 Å². The van der Waals surface area contributed by atoms with E-state index in [-0.39, 0.29) is 23.7 Å². The molecule has 0 aliphatic heterocycles.